The van der Waals surface area contributed by atoms with E-state index in [1.165, 1.54) is 4.90 Å². The molecule has 1 aromatic heterocycles. The molecule has 0 fully saturated rings. The number of carbonyl (C=O) groups excluding carboxylic acids is 1. The molecule has 5 nitrogen and oxygen atoms in total. The number of pyridine rings is 1. The zero-order valence-corrected chi connectivity index (χ0v) is 11.5. The Morgan fingerprint density at radius 2 is 2.30 bits per heavy atom. The van der Waals surface area contributed by atoms with Gasteiger partial charge in [0.15, 0.2) is 5.96 Å². The molecule has 0 aromatic carbocycles. The van der Waals surface area contributed by atoms with Crippen LogP contribution >= 0.6 is 0 Å². The fourth-order valence-corrected chi connectivity index (χ4v) is 1.84. The van der Waals surface area contributed by atoms with Crippen LogP contribution in [0.3, 0.4) is 0 Å². The Morgan fingerprint density at radius 3 is 3.00 bits per heavy atom. The lowest BCUT2D eigenvalue weighted by molar-refractivity contribution is -0.127. The van der Waals surface area contributed by atoms with E-state index in [9.17, 15) is 4.79 Å². The molecule has 0 radical (unpaired) electrons. The predicted molar refractivity (Wildman–Crippen MR) is 78.6 cm³/mol. The lowest BCUT2D eigenvalue weighted by Gasteiger charge is -2.23. The van der Waals surface area contributed by atoms with E-state index in [1.807, 2.05) is 18.2 Å². The second-order valence-corrected chi connectivity index (χ2v) is 4.45. The van der Waals surface area contributed by atoms with Crippen LogP contribution in [0.4, 0.5) is 0 Å². The second-order valence-electron chi connectivity index (χ2n) is 4.45. The van der Waals surface area contributed by atoms with Crippen LogP contribution < -0.4 is 5.73 Å². The van der Waals surface area contributed by atoms with Crippen LogP contribution in [0.1, 0.15) is 24.5 Å². The minimum Gasteiger partial charge on any atom is -0.369 e. The molecular weight excluding hydrogens is 252 g/mol. The summed E-state index contributed by atoms with van der Waals surface area (Å²) in [5, 5.41) is 0. The Labute approximate surface area is 118 Å². The van der Waals surface area contributed by atoms with E-state index in [4.69, 9.17) is 5.73 Å². The van der Waals surface area contributed by atoms with Gasteiger partial charge in [0.1, 0.15) is 0 Å². The van der Waals surface area contributed by atoms with Gasteiger partial charge in [-0.05, 0) is 18.6 Å². The first-order valence-corrected chi connectivity index (χ1v) is 6.26. The normalized spacial score (nSPS) is 18.7. The van der Waals surface area contributed by atoms with E-state index in [-0.39, 0.29) is 17.9 Å². The summed E-state index contributed by atoms with van der Waals surface area (Å²) in [4.78, 5) is 21.4. The first-order valence-electron chi connectivity index (χ1n) is 6.26. The lowest BCUT2D eigenvalue weighted by atomic mass is 10.1. The molecule has 20 heavy (non-hydrogen) atoms. The Bertz CT molecular complexity index is 637. The molecule has 1 aliphatic heterocycles. The van der Waals surface area contributed by atoms with Crippen LogP contribution in [0.25, 0.3) is 6.08 Å². The van der Waals surface area contributed by atoms with Gasteiger partial charge in [0, 0.05) is 25.0 Å². The highest BCUT2D eigenvalue weighted by atomic mass is 16.2. The van der Waals surface area contributed by atoms with Crippen LogP contribution in [-0.2, 0) is 4.79 Å². The molecule has 1 amide bonds. The zero-order valence-electron chi connectivity index (χ0n) is 11.5. The Balaban J connectivity index is 2.15. The molecule has 0 saturated carbocycles. The van der Waals surface area contributed by atoms with E-state index in [0.717, 1.165) is 11.1 Å². The summed E-state index contributed by atoms with van der Waals surface area (Å²) in [5.74, 6) is 6.00. The summed E-state index contributed by atoms with van der Waals surface area (Å²) in [6.07, 6.45) is 7.52. The molecule has 1 aliphatic rings. The van der Waals surface area contributed by atoms with Gasteiger partial charge in [-0.15, -0.1) is 5.92 Å². The maximum atomic E-state index is 11.7. The van der Waals surface area contributed by atoms with Gasteiger partial charge in [-0.1, -0.05) is 18.1 Å². The van der Waals surface area contributed by atoms with Crippen LogP contribution in [-0.4, -0.2) is 34.8 Å². The molecule has 0 saturated heterocycles. The summed E-state index contributed by atoms with van der Waals surface area (Å²) < 4.78 is 0. The quantitative estimate of drug-likeness (QED) is 0.814. The average Bonchev–Trinajstić information content (AvgIpc) is 2.43. The SMILES string of the molecule is CC#Cc1cncc(/C=C/C2CC(=O)N(C)C(N)=N2)c1. The second kappa shape index (κ2) is 6.02. The molecule has 1 atom stereocenters. The number of guanidine groups is 1. The summed E-state index contributed by atoms with van der Waals surface area (Å²) >= 11 is 0. The predicted octanol–water partition coefficient (Wildman–Crippen LogP) is 1.01. The minimum absolute atomic E-state index is 0.0316. The third-order valence-corrected chi connectivity index (χ3v) is 2.94. The molecule has 102 valence electrons. The third-order valence-electron chi connectivity index (χ3n) is 2.94. The Kier molecular flexibility index (Phi) is 4.16. The summed E-state index contributed by atoms with van der Waals surface area (Å²) in [5.41, 5.74) is 7.46. The molecule has 0 spiro atoms. The minimum atomic E-state index is -0.223. The van der Waals surface area contributed by atoms with Crippen LogP contribution in [0.5, 0.6) is 0 Å². The molecule has 1 aromatic rings. The first-order chi connectivity index (χ1) is 9.60. The van der Waals surface area contributed by atoms with Crippen molar-refractivity contribution in [3.05, 3.63) is 35.7 Å². The van der Waals surface area contributed by atoms with Gasteiger partial charge < -0.3 is 5.73 Å². The highest BCUT2D eigenvalue weighted by Crippen LogP contribution is 2.12. The molecule has 2 N–H and O–H groups in total. The van der Waals surface area contributed by atoms with Crippen molar-refractivity contribution in [1.82, 2.24) is 9.88 Å². The number of nitrogens with two attached hydrogens (primary N) is 1. The van der Waals surface area contributed by atoms with E-state index in [1.54, 1.807) is 26.4 Å². The maximum absolute atomic E-state index is 11.7. The number of aromatic nitrogens is 1. The smallest absolute Gasteiger partial charge is 0.231 e. The fraction of sp³-hybridized carbons (Fsp3) is 0.267. The van der Waals surface area contributed by atoms with Crippen molar-refractivity contribution in [2.45, 2.75) is 19.4 Å². The summed E-state index contributed by atoms with van der Waals surface area (Å²) in [6.45, 7) is 1.78. The maximum Gasteiger partial charge on any atom is 0.231 e. The highest BCUT2D eigenvalue weighted by Gasteiger charge is 2.22. The van der Waals surface area contributed by atoms with Gasteiger partial charge in [0.2, 0.25) is 5.91 Å². The monoisotopic (exact) mass is 268 g/mol. The average molecular weight is 268 g/mol. The number of hydrogen-bond acceptors (Lipinski definition) is 4. The molecule has 2 heterocycles. The number of rotatable bonds is 2. The molecule has 0 aliphatic carbocycles. The van der Waals surface area contributed by atoms with Crippen molar-refractivity contribution in [2.24, 2.45) is 10.7 Å². The van der Waals surface area contributed by atoms with Crippen molar-refractivity contribution < 1.29 is 4.79 Å². The van der Waals surface area contributed by atoms with Gasteiger partial charge >= 0.3 is 0 Å². The Hall–Kier alpha value is -2.61. The van der Waals surface area contributed by atoms with Gasteiger partial charge in [0.25, 0.3) is 0 Å². The molecule has 5 heteroatoms. The van der Waals surface area contributed by atoms with Crippen molar-refractivity contribution in [3.8, 4) is 11.8 Å². The van der Waals surface area contributed by atoms with Crippen molar-refractivity contribution >= 4 is 17.9 Å². The molecule has 2 rings (SSSR count). The topological polar surface area (TPSA) is 71.6 Å². The van der Waals surface area contributed by atoms with Gasteiger partial charge in [0.05, 0.1) is 12.5 Å². The van der Waals surface area contributed by atoms with Crippen molar-refractivity contribution in [2.75, 3.05) is 7.05 Å². The number of nitrogens with zero attached hydrogens (tertiary/aromatic N) is 3. The molecule has 0 bridgehead atoms. The van der Waals surface area contributed by atoms with Crippen molar-refractivity contribution in [1.29, 1.82) is 0 Å². The summed E-state index contributed by atoms with van der Waals surface area (Å²) in [7, 11) is 1.62. The van der Waals surface area contributed by atoms with Gasteiger partial charge in [-0.2, -0.15) is 0 Å². The van der Waals surface area contributed by atoms with E-state index >= 15 is 0 Å². The first kappa shape index (κ1) is 13.8. The number of hydrogen-bond donors (Lipinski definition) is 1. The fourth-order valence-electron chi connectivity index (χ4n) is 1.84. The van der Waals surface area contributed by atoms with Gasteiger partial charge in [-0.3, -0.25) is 14.7 Å². The number of amides is 1. The highest BCUT2D eigenvalue weighted by molar-refractivity contribution is 5.98. The summed E-state index contributed by atoms with van der Waals surface area (Å²) in [6, 6.07) is 1.71. The third kappa shape index (κ3) is 3.23. The van der Waals surface area contributed by atoms with Crippen LogP contribution in [0.2, 0.25) is 0 Å². The van der Waals surface area contributed by atoms with E-state index < -0.39 is 0 Å². The van der Waals surface area contributed by atoms with E-state index in [2.05, 4.69) is 21.8 Å². The molecular formula is C15H16N4O. The number of carbonyl (C=O) groups is 1. The molecule has 1 unspecified atom stereocenters. The Morgan fingerprint density at radius 1 is 1.50 bits per heavy atom. The van der Waals surface area contributed by atoms with Crippen molar-refractivity contribution in [3.63, 3.8) is 0 Å². The van der Waals surface area contributed by atoms with Crippen LogP contribution in [0, 0.1) is 11.8 Å². The largest absolute Gasteiger partial charge is 0.369 e. The zero-order chi connectivity index (χ0) is 14.5. The standard InChI is InChI=1S/C15H16N4O/c1-3-4-11-7-12(10-17-9-11)5-6-13-8-14(20)19(2)15(16)18-13/h5-7,9-10,13H,8H2,1-2H3,(H2,16,18)/b6-5+. The van der Waals surface area contributed by atoms with Crippen LogP contribution in [0.15, 0.2) is 29.5 Å². The lowest BCUT2D eigenvalue weighted by Crippen LogP contribution is -2.44. The number of aliphatic imine (C=N–C) groups is 1. The van der Waals surface area contributed by atoms with Gasteiger partial charge in [-0.25, -0.2) is 4.99 Å². The van der Waals surface area contributed by atoms with E-state index in [0.29, 0.717) is 6.42 Å².